The van der Waals surface area contributed by atoms with Crippen molar-refractivity contribution < 1.29 is 14.3 Å². The minimum absolute atomic E-state index is 0.206. The van der Waals surface area contributed by atoms with Crippen LogP contribution in [0.25, 0.3) is 0 Å². The van der Waals surface area contributed by atoms with E-state index in [1.807, 2.05) is 0 Å². The van der Waals surface area contributed by atoms with Crippen molar-refractivity contribution in [3.05, 3.63) is 57.8 Å². The van der Waals surface area contributed by atoms with Gasteiger partial charge in [-0.05, 0) is 30.3 Å². The summed E-state index contributed by atoms with van der Waals surface area (Å²) in [5.74, 6) is -1.68. The van der Waals surface area contributed by atoms with Crippen molar-refractivity contribution in [1.82, 2.24) is 0 Å². The van der Waals surface area contributed by atoms with Crippen LogP contribution >= 0.6 is 23.2 Å². The largest absolute Gasteiger partial charge is 0.506 e. The second-order valence-electron chi connectivity index (χ2n) is 3.72. The third-order valence-corrected chi connectivity index (χ3v) is 3.15. The minimum Gasteiger partial charge on any atom is -0.506 e. The number of aromatic hydroxyl groups is 1. The van der Waals surface area contributed by atoms with Crippen LogP contribution < -0.4 is 5.32 Å². The molecule has 0 fully saturated rings. The van der Waals surface area contributed by atoms with Crippen molar-refractivity contribution in [3.63, 3.8) is 0 Å². The highest BCUT2D eigenvalue weighted by molar-refractivity contribution is 6.42. The lowest BCUT2D eigenvalue weighted by Crippen LogP contribution is -2.13. The van der Waals surface area contributed by atoms with E-state index in [1.54, 1.807) is 0 Å². The van der Waals surface area contributed by atoms with Crippen LogP contribution in [0.4, 0.5) is 10.1 Å². The summed E-state index contributed by atoms with van der Waals surface area (Å²) >= 11 is 11.5. The molecule has 0 spiro atoms. The Morgan fingerprint density at radius 1 is 1.16 bits per heavy atom. The maximum absolute atomic E-state index is 13.4. The van der Waals surface area contributed by atoms with Crippen LogP contribution in [0.15, 0.2) is 36.4 Å². The molecule has 19 heavy (non-hydrogen) atoms. The Labute approximate surface area is 118 Å². The van der Waals surface area contributed by atoms with Crippen LogP contribution in [0, 0.1) is 5.82 Å². The molecule has 0 aromatic heterocycles. The minimum atomic E-state index is -0.728. The summed E-state index contributed by atoms with van der Waals surface area (Å²) in [6.45, 7) is 0. The van der Waals surface area contributed by atoms with E-state index in [0.29, 0.717) is 5.02 Å². The number of para-hydroxylation sites is 1. The summed E-state index contributed by atoms with van der Waals surface area (Å²) < 4.78 is 13.4. The Morgan fingerprint density at radius 2 is 1.89 bits per heavy atom. The van der Waals surface area contributed by atoms with E-state index in [1.165, 1.54) is 30.3 Å². The molecule has 2 N–H and O–H groups in total. The second kappa shape index (κ2) is 5.47. The van der Waals surface area contributed by atoms with E-state index in [0.717, 1.165) is 6.07 Å². The van der Waals surface area contributed by atoms with Gasteiger partial charge in [-0.3, -0.25) is 4.79 Å². The molecule has 0 heterocycles. The van der Waals surface area contributed by atoms with Crippen molar-refractivity contribution in [1.29, 1.82) is 0 Å². The second-order valence-corrected chi connectivity index (χ2v) is 4.53. The van der Waals surface area contributed by atoms with E-state index in [-0.39, 0.29) is 22.0 Å². The van der Waals surface area contributed by atoms with Crippen LogP contribution in [-0.4, -0.2) is 11.0 Å². The molecule has 3 nitrogen and oxygen atoms in total. The molecular weight excluding hydrogens is 292 g/mol. The first kappa shape index (κ1) is 13.6. The fourth-order valence-corrected chi connectivity index (χ4v) is 1.76. The van der Waals surface area contributed by atoms with E-state index in [2.05, 4.69) is 5.32 Å². The number of carbonyl (C=O) groups excluding carboxylic acids is 1. The molecule has 0 saturated heterocycles. The lowest BCUT2D eigenvalue weighted by molar-refractivity contribution is 0.102. The highest BCUT2D eigenvalue weighted by Gasteiger charge is 2.13. The molecule has 0 saturated carbocycles. The molecule has 0 aliphatic carbocycles. The number of rotatable bonds is 2. The number of carbonyl (C=O) groups is 1. The Hall–Kier alpha value is -1.78. The zero-order chi connectivity index (χ0) is 14.0. The smallest absolute Gasteiger partial charge is 0.255 e. The van der Waals surface area contributed by atoms with Crippen LogP contribution in [0.2, 0.25) is 10.0 Å². The van der Waals surface area contributed by atoms with Crippen molar-refractivity contribution in [2.75, 3.05) is 5.32 Å². The van der Waals surface area contributed by atoms with E-state index < -0.39 is 11.7 Å². The number of hydrogen-bond acceptors (Lipinski definition) is 2. The zero-order valence-corrected chi connectivity index (χ0v) is 11.0. The Balaban J connectivity index is 2.28. The molecule has 2 aromatic carbocycles. The van der Waals surface area contributed by atoms with Crippen LogP contribution in [-0.2, 0) is 0 Å². The standard InChI is InChI=1S/C13H8Cl2FNO2/c14-8-5-4-7(6-9(8)15)13(19)17-12-10(16)2-1-3-11(12)18/h1-6,18H,(H,17,19). The molecule has 1 amide bonds. The van der Waals surface area contributed by atoms with Gasteiger partial charge in [-0.2, -0.15) is 0 Å². The number of halogens is 3. The molecule has 0 aliphatic rings. The summed E-state index contributed by atoms with van der Waals surface area (Å²) in [6.07, 6.45) is 0. The van der Waals surface area contributed by atoms with Crippen molar-refractivity contribution in [2.24, 2.45) is 0 Å². The van der Waals surface area contributed by atoms with Gasteiger partial charge in [0.25, 0.3) is 5.91 Å². The number of amides is 1. The van der Waals surface area contributed by atoms with Gasteiger partial charge in [-0.15, -0.1) is 0 Å². The first-order valence-electron chi connectivity index (χ1n) is 5.23. The predicted octanol–water partition coefficient (Wildman–Crippen LogP) is 4.09. The zero-order valence-electron chi connectivity index (χ0n) is 9.45. The van der Waals surface area contributed by atoms with Crippen LogP contribution in [0.5, 0.6) is 5.75 Å². The number of anilines is 1. The van der Waals surface area contributed by atoms with Gasteiger partial charge < -0.3 is 10.4 Å². The Morgan fingerprint density at radius 3 is 2.53 bits per heavy atom. The molecular formula is C13H8Cl2FNO2. The monoisotopic (exact) mass is 299 g/mol. The lowest BCUT2D eigenvalue weighted by Gasteiger charge is -2.08. The molecule has 2 rings (SSSR count). The van der Waals surface area contributed by atoms with Gasteiger partial charge in [0.05, 0.1) is 10.0 Å². The average Bonchev–Trinajstić information content (AvgIpc) is 2.37. The highest BCUT2D eigenvalue weighted by Crippen LogP contribution is 2.27. The quantitative estimate of drug-likeness (QED) is 0.821. The molecule has 0 unspecified atom stereocenters. The number of phenols is 1. The summed E-state index contributed by atoms with van der Waals surface area (Å²) in [5, 5.41) is 12.3. The van der Waals surface area contributed by atoms with Crippen molar-refractivity contribution >= 4 is 34.8 Å². The normalized spacial score (nSPS) is 10.3. The van der Waals surface area contributed by atoms with Gasteiger partial charge in [-0.25, -0.2) is 4.39 Å². The van der Waals surface area contributed by atoms with Gasteiger partial charge in [0.15, 0.2) is 5.82 Å². The van der Waals surface area contributed by atoms with Gasteiger partial charge >= 0.3 is 0 Å². The van der Waals surface area contributed by atoms with E-state index >= 15 is 0 Å². The first-order chi connectivity index (χ1) is 8.99. The van der Waals surface area contributed by atoms with Crippen LogP contribution in [0.3, 0.4) is 0 Å². The third kappa shape index (κ3) is 2.97. The molecule has 0 bridgehead atoms. The molecule has 98 valence electrons. The third-order valence-electron chi connectivity index (χ3n) is 2.41. The summed E-state index contributed by atoms with van der Waals surface area (Å²) in [7, 11) is 0. The topological polar surface area (TPSA) is 49.3 Å². The number of hydrogen-bond donors (Lipinski definition) is 2. The average molecular weight is 300 g/mol. The van der Waals surface area contributed by atoms with Crippen LogP contribution in [0.1, 0.15) is 10.4 Å². The summed E-state index contributed by atoms with van der Waals surface area (Å²) in [6, 6.07) is 8.00. The summed E-state index contributed by atoms with van der Waals surface area (Å²) in [4.78, 5) is 11.9. The molecule has 2 aromatic rings. The van der Waals surface area contributed by atoms with Gasteiger partial charge in [0.1, 0.15) is 11.4 Å². The van der Waals surface area contributed by atoms with E-state index in [9.17, 15) is 14.3 Å². The number of nitrogens with one attached hydrogen (secondary N) is 1. The summed E-state index contributed by atoms with van der Waals surface area (Å²) in [5.41, 5.74) is -0.0735. The fraction of sp³-hybridized carbons (Fsp3) is 0. The number of benzene rings is 2. The molecule has 0 radical (unpaired) electrons. The maximum atomic E-state index is 13.4. The van der Waals surface area contributed by atoms with Gasteiger partial charge in [-0.1, -0.05) is 29.3 Å². The first-order valence-corrected chi connectivity index (χ1v) is 5.98. The molecule has 0 aliphatic heterocycles. The Bertz CT molecular complexity index is 626. The SMILES string of the molecule is O=C(Nc1c(O)cccc1F)c1ccc(Cl)c(Cl)c1. The van der Waals surface area contributed by atoms with Crippen molar-refractivity contribution in [2.45, 2.75) is 0 Å². The molecule has 0 atom stereocenters. The molecule has 6 heteroatoms. The highest BCUT2D eigenvalue weighted by atomic mass is 35.5. The van der Waals surface area contributed by atoms with Gasteiger partial charge in [0, 0.05) is 5.56 Å². The maximum Gasteiger partial charge on any atom is 0.255 e. The lowest BCUT2D eigenvalue weighted by atomic mass is 10.2. The fourth-order valence-electron chi connectivity index (χ4n) is 1.46. The van der Waals surface area contributed by atoms with E-state index in [4.69, 9.17) is 23.2 Å². The predicted molar refractivity (Wildman–Crippen MR) is 72.5 cm³/mol. The Kier molecular flexibility index (Phi) is 3.93. The van der Waals surface area contributed by atoms with Gasteiger partial charge in [0.2, 0.25) is 0 Å². The van der Waals surface area contributed by atoms with Crippen molar-refractivity contribution in [3.8, 4) is 5.75 Å². The number of phenolic OH excluding ortho intramolecular Hbond substituents is 1.